The highest BCUT2D eigenvalue weighted by Crippen LogP contribution is 2.27. The van der Waals surface area contributed by atoms with Crippen LogP contribution in [0.2, 0.25) is 0 Å². The summed E-state index contributed by atoms with van der Waals surface area (Å²) in [6.45, 7) is 4.12. The number of nitrogens with one attached hydrogen (secondary N) is 1. The minimum Gasteiger partial charge on any atom is -0.378 e. The molecule has 1 heterocycles. The largest absolute Gasteiger partial charge is 0.378 e. The summed E-state index contributed by atoms with van der Waals surface area (Å²) in [6.07, 6.45) is 0. The minimum absolute atomic E-state index is 0.143. The Morgan fingerprint density at radius 1 is 1.24 bits per heavy atom. The fourth-order valence-corrected chi connectivity index (χ4v) is 3.21. The highest BCUT2D eigenvalue weighted by Gasteiger charge is 2.07. The molecule has 0 aliphatic carbocycles. The SMILES string of the molecule is Cc1nc2ccc(NC(C)c3cccc(C#N)c3)cc2s1. The molecule has 2 aromatic carbocycles. The Hall–Kier alpha value is -2.38. The zero-order chi connectivity index (χ0) is 14.8. The van der Waals surface area contributed by atoms with Gasteiger partial charge in [0.05, 0.1) is 26.9 Å². The monoisotopic (exact) mass is 293 g/mol. The molecule has 0 radical (unpaired) electrons. The number of anilines is 1. The predicted molar refractivity (Wildman–Crippen MR) is 87.6 cm³/mol. The normalized spacial score (nSPS) is 12.0. The first-order chi connectivity index (χ1) is 10.2. The van der Waals surface area contributed by atoms with Crippen LogP contribution in [0.15, 0.2) is 42.5 Å². The van der Waals surface area contributed by atoms with Gasteiger partial charge in [-0.15, -0.1) is 11.3 Å². The van der Waals surface area contributed by atoms with Crippen LogP contribution in [0.5, 0.6) is 0 Å². The molecule has 3 nitrogen and oxygen atoms in total. The number of aromatic nitrogens is 1. The van der Waals surface area contributed by atoms with E-state index in [9.17, 15) is 0 Å². The summed E-state index contributed by atoms with van der Waals surface area (Å²) in [5.41, 5.74) is 3.91. The second-order valence-corrected chi connectivity index (χ2v) is 6.25. The van der Waals surface area contributed by atoms with Gasteiger partial charge in [-0.25, -0.2) is 4.98 Å². The number of hydrogen-bond donors (Lipinski definition) is 1. The maximum absolute atomic E-state index is 8.98. The van der Waals surface area contributed by atoms with E-state index in [0.717, 1.165) is 21.8 Å². The van der Waals surface area contributed by atoms with E-state index in [1.807, 2.05) is 43.3 Å². The molecule has 0 amide bonds. The summed E-state index contributed by atoms with van der Waals surface area (Å²) in [6, 6.07) is 16.2. The Kier molecular flexibility index (Phi) is 3.59. The molecule has 0 aliphatic rings. The Bertz CT molecular complexity index is 829. The van der Waals surface area contributed by atoms with Crippen LogP contribution in [-0.4, -0.2) is 4.98 Å². The quantitative estimate of drug-likeness (QED) is 0.764. The molecule has 0 saturated heterocycles. The van der Waals surface area contributed by atoms with E-state index in [1.165, 1.54) is 4.70 Å². The zero-order valence-electron chi connectivity index (χ0n) is 11.9. The van der Waals surface area contributed by atoms with Crippen molar-refractivity contribution in [3.63, 3.8) is 0 Å². The van der Waals surface area contributed by atoms with Gasteiger partial charge in [0.15, 0.2) is 0 Å². The fraction of sp³-hybridized carbons (Fsp3) is 0.176. The molecule has 1 atom stereocenters. The second kappa shape index (κ2) is 5.55. The van der Waals surface area contributed by atoms with E-state index in [1.54, 1.807) is 11.3 Å². The number of aryl methyl sites for hydroxylation is 1. The van der Waals surface area contributed by atoms with Crippen molar-refractivity contribution in [3.8, 4) is 6.07 Å². The lowest BCUT2D eigenvalue weighted by Gasteiger charge is -2.16. The van der Waals surface area contributed by atoms with Crippen molar-refractivity contribution in [2.75, 3.05) is 5.32 Å². The van der Waals surface area contributed by atoms with Crippen LogP contribution >= 0.6 is 11.3 Å². The molecule has 0 fully saturated rings. The van der Waals surface area contributed by atoms with Gasteiger partial charge in [0.25, 0.3) is 0 Å². The lowest BCUT2D eigenvalue weighted by atomic mass is 10.1. The van der Waals surface area contributed by atoms with Gasteiger partial charge in [0.1, 0.15) is 0 Å². The Balaban J connectivity index is 1.85. The molecular formula is C17H15N3S. The van der Waals surface area contributed by atoms with Crippen molar-refractivity contribution in [1.29, 1.82) is 5.26 Å². The van der Waals surface area contributed by atoms with Crippen molar-refractivity contribution in [2.45, 2.75) is 19.9 Å². The number of nitriles is 1. The van der Waals surface area contributed by atoms with Gasteiger partial charge < -0.3 is 5.32 Å². The predicted octanol–water partition coefficient (Wildman–Crippen LogP) is 4.65. The first kappa shape index (κ1) is 13.6. The van der Waals surface area contributed by atoms with E-state index in [4.69, 9.17) is 5.26 Å². The van der Waals surface area contributed by atoms with Gasteiger partial charge in [0, 0.05) is 11.7 Å². The van der Waals surface area contributed by atoms with E-state index >= 15 is 0 Å². The average molecular weight is 293 g/mol. The molecule has 104 valence electrons. The molecular weight excluding hydrogens is 278 g/mol. The summed E-state index contributed by atoms with van der Waals surface area (Å²) in [5, 5.41) is 13.5. The van der Waals surface area contributed by atoms with Gasteiger partial charge in [-0.1, -0.05) is 12.1 Å². The van der Waals surface area contributed by atoms with Gasteiger partial charge in [-0.3, -0.25) is 0 Å². The Labute approximate surface area is 127 Å². The third kappa shape index (κ3) is 2.88. The van der Waals surface area contributed by atoms with Gasteiger partial charge in [-0.05, 0) is 49.7 Å². The third-order valence-electron chi connectivity index (χ3n) is 3.39. The van der Waals surface area contributed by atoms with Gasteiger partial charge in [-0.2, -0.15) is 5.26 Å². The van der Waals surface area contributed by atoms with Crippen LogP contribution in [0.3, 0.4) is 0 Å². The van der Waals surface area contributed by atoms with Crippen molar-refractivity contribution < 1.29 is 0 Å². The number of fused-ring (bicyclic) bond motifs is 1. The first-order valence-corrected chi connectivity index (χ1v) is 7.61. The van der Waals surface area contributed by atoms with Crippen LogP contribution in [0.1, 0.15) is 29.1 Å². The van der Waals surface area contributed by atoms with Crippen LogP contribution in [0.25, 0.3) is 10.2 Å². The van der Waals surface area contributed by atoms with E-state index in [-0.39, 0.29) is 6.04 Å². The maximum Gasteiger partial charge on any atom is 0.0991 e. The van der Waals surface area contributed by atoms with Crippen molar-refractivity contribution in [2.24, 2.45) is 0 Å². The van der Waals surface area contributed by atoms with E-state index in [0.29, 0.717) is 5.56 Å². The lowest BCUT2D eigenvalue weighted by Crippen LogP contribution is -2.06. The highest BCUT2D eigenvalue weighted by molar-refractivity contribution is 7.18. The number of benzene rings is 2. The van der Waals surface area contributed by atoms with Crippen molar-refractivity contribution in [1.82, 2.24) is 4.98 Å². The molecule has 1 unspecified atom stereocenters. The molecule has 0 saturated carbocycles. The Morgan fingerprint density at radius 3 is 2.90 bits per heavy atom. The van der Waals surface area contributed by atoms with Gasteiger partial charge in [0.2, 0.25) is 0 Å². The summed E-state index contributed by atoms with van der Waals surface area (Å²) in [4.78, 5) is 4.47. The average Bonchev–Trinajstić information content (AvgIpc) is 2.86. The van der Waals surface area contributed by atoms with Crippen LogP contribution in [-0.2, 0) is 0 Å². The fourth-order valence-electron chi connectivity index (χ4n) is 2.34. The van der Waals surface area contributed by atoms with Crippen molar-refractivity contribution in [3.05, 3.63) is 58.6 Å². The van der Waals surface area contributed by atoms with Crippen LogP contribution < -0.4 is 5.32 Å². The third-order valence-corrected chi connectivity index (χ3v) is 4.33. The first-order valence-electron chi connectivity index (χ1n) is 6.79. The van der Waals surface area contributed by atoms with Crippen LogP contribution in [0.4, 0.5) is 5.69 Å². The molecule has 0 bridgehead atoms. The summed E-state index contributed by atoms with van der Waals surface area (Å²) >= 11 is 1.70. The molecule has 1 aromatic heterocycles. The van der Waals surface area contributed by atoms with E-state index < -0.39 is 0 Å². The summed E-state index contributed by atoms with van der Waals surface area (Å²) in [7, 11) is 0. The zero-order valence-corrected chi connectivity index (χ0v) is 12.7. The molecule has 0 aliphatic heterocycles. The number of rotatable bonds is 3. The highest BCUT2D eigenvalue weighted by atomic mass is 32.1. The standard InChI is InChI=1S/C17H15N3S/c1-11(14-5-3-4-13(8-14)10-18)19-15-6-7-16-17(9-15)21-12(2)20-16/h3-9,11,19H,1-2H3. The molecule has 3 rings (SSSR count). The smallest absolute Gasteiger partial charge is 0.0991 e. The van der Waals surface area contributed by atoms with E-state index in [2.05, 4.69) is 29.4 Å². The van der Waals surface area contributed by atoms with Crippen molar-refractivity contribution >= 4 is 27.2 Å². The molecule has 4 heteroatoms. The number of hydrogen-bond acceptors (Lipinski definition) is 4. The van der Waals surface area contributed by atoms with Gasteiger partial charge >= 0.3 is 0 Å². The molecule has 3 aromatic rings. The molecule has 21 heavy (non-hydrogen) atoms. The second-order valence-electron chi connectivity index (χ2n) is 5.02. The maximum atomic E-state index is 8.98. The molecule has 1 N–H and O–H groups in total. The Morgan fingerprint density at radius 2 is 2.10 bits per heavy atom. The van der Waals surface area contributed by atoms with Crippen LogP contribution in [0, 0.1) is 18.3 Å². The minimum atomic E-state index is 0.143. The number of nitrogens with zero attached hydrogens (tertiary/aromatic N) is 2. The molecule has 0 spiro atoms. The topological polar surface area (TPSA) is 48.7 Å². The number of thiazole rings is 1. The lowest BCUT2D eigenvalue weighted by molar-refractivity contribution is 0.884. The summed E-state index contributed by atoms with van der Waals surface area (Å²) < 4.78 is 1.19. The summed E-state index contributed by atoms with van der Waals surface area (Å²) in [5.74, 6) is 0.